The number of halogens is 3. The van der Waals surface area contributed by atoms with E-state index in [0.717, 1.165) is 46.6 Å². The van der Waals surface area contributed by atoms with E-state index in [4.69, 9.17) is 15.6 Å². The molecule has 0 unspecified atom stereocenters. The van der Waals surface area contributed by atoms with Crippen molar-refractivity contribution in [2.45, 2.75) is 27.6 Å². The predicted octanol–water partition coefficient (Wildman–Crippen LogP) is 0.919. The van der Waals surface area contributed by atoms with Gasteiger partial charge in [0.25, 0.3) is 11.8 Å². The molecule has 252 valence electrons. The summed E-state index contributed by atoms with van der Waals surface area (Å²) in [6, 6.07) is -0.991. The van der Waals surface area contributed by atoms with Gasteiger partial charge in [-0.05, 0) is 18.6 Å². The molecule has 2 aromatic heterocycles. The maximum absolute atomic E-state index is 13.0. The van der Waals surface area contributed by atoms with Crippen molar-refractivity contribution in [3.8, 4) is 0 Å². The van der Waals surface area contributed by atoms with Crippen molar-refractivity contribution >= 4 is 92.8 Å². The molecule has 2 amide bonds. The van der Waals surface area contributed by atoms with E-state index in [1.54, 1.807) is 11.8 Å². The molecule has 0 aromatic carbocycles. The van der Waals surface area contributed by atoms with E-state index in [1.807, 2.05) is 7.05 Å². The van der Waals surface area contributed by atoms with Gasteiger partial charge in [0, 0.05) is 47.2 Å². The van der Waals surface area contributed by atoms with Gasteiger partial charge in [-0.2, -0.15) is 24.9 Å². The molecule has 0 spiro atoms. The van der Waals surface area contributed by atoms with E-state index in [9.17, 15) is 37.9 Å². The molecular weight excluding hydrogens is 720 g/mol. The second kappa shape index (κ2) is 17.1. The first kappa shape index (κ1) is 37.3. The second-order valence-electron chi connectivity index (χ2n) is 8.78. The fraction of sp³-hybridized carbons (Fsp3) is 0.455. The normalized spacial score (nSPS) is 18.0. The van der Waals surface area contributed by atoms with Crippen LogP contribution in [-0.2, 0) is 24.9 Å². The number of likely N-dealkylation sites (N-methyl/N-ethyl adjacent to an activating group) is 1. The highest BCUT2D eigenvalue weighted by Crippen LogP contribution is 2.46. The maximum Gasteiger partial charge on any atom is 0.490 e. The lowest BCUT2D eigenvalue weighted by atomic mass is 10.0. The van der Waals surface area contributed by atoms with Crippen LogP contribution in [0.1, 0.15) is 11.4 Å². The van der Waals surface area contributed by atoms with Gasteiger partial charge >= 0.3 is 18.1 Å². The third-order valence-corrected chi connectivity index (χ3v) is 10.8. The highest BCUT2D eigenvalue weighted by Gasteiger charge is 2.54. The van der Waals surface area contributed by atoms with Crippen LogP contribution < -0.4 is 21.7 Å². The summed E-state index contributed by atoms with van der Waals surface area (Å²) in [5.74, 6) is -3.55. The van der Waals surface area contributed by atoms with E-state index in [2.05, 4.69) is 35.7 Å². The molecule has 2 atom stereocenters. The number of aliphatic carboxylic acids is 2. The maximum atomic E-state index is 13.0. The van der Waals surface area contributed by atoms with E-state index >= 15 is 0 Å². The lowest BCUT2D eigenvalue weighted by Crippen LogP contribution is -2.71. The number of aromatic nitrogens is 3. The number of carboxylic acids is 2. The van der Waals surface area contributed by atoms with Crippen LogP contribution >= 0.6 is 58.2 Å². The molecule has 8 N–H and O–H groups in total. The van der Waals surface area contributed by atoms with Gasteiger partial charge in [-0.3, -0.25) is 14.5 Å². The number of nitrogen functional groups attached to an aromatic ring is 1. The van der Waals surface area contributed by atoms with Gasteiger partial charge in [0.1, 0.15) is 27.0 Å². The Labute approximate surface area is 279 Å². The monoisotopic (exact) mass is 745 g/mol. The lowest BCUT2D eigenvalue weighted by molar-refractivity contribution is -0.192. The third-order valence-electron chi connectivity index (χ3n) is 5.70. The Kier molecular flexibility index (Phi) is 13.9. The third kappa shape index (κ3) is 9.68. The van der Waals surface area contributed by atoms with Gasteiger partial charge in [0.2, 0.25) is 0 Å². The van der Waals surface area contributed by atoms with Gasteiger partial charge in [0.05, 0.1) is 5.69 Å². The summed E-state index contributed by atoms with van der Waals surface area (Å²) in [4.78, 5) is 52.4. The van der Waals surface area contributed by atoms with Crippen LogP contribution in [0.25, 0.3) is 0 Å². The number of carboxylic acid groups (broad SMARTS) is 2. The number of carbonyl (C=O) groups excluding carboxylic acids is 2. The average Bonchev–Trinajstić information content (AvgIpc) is 3.63. The zero-order valence-corrected chi connectivity index (χ0v) is 27.5. The topological polar surface area (TPSA) is 245 Å². The zero-order chi connectivity index (χ0) is 34.0. The second-order valence-corrected chi connectivity index (χ2v) is 14.0. The first-order chi connectivity index (χ1) is 21.8. The molecule has 2 aromatic rings. The fourth-order valence-corrected chi connectivity index (χ4v) is 8.53. The minimum absolute atomic E-state index is 0.0689. The molecule has 24 heteroatoms. The van der Waals surface area contributed by atoms with E-state index in [-0.39, 0.29) is 16.5 Å². The molecule has 0 saturated carbocycles. The van der Waals surface area contributed by atoms with Gasteiger partial charge in [0.15, 0.2) is 10.8 Å². The Bertz CT molecular complexity index is 1490. The summed E-state index contributed by atoms with van der Waals surface area (Å²) in [6.07, 6.45) is -5.08. The number of nitrogens with zero attached hydrogens (tertiary/aromatic N) is 5. The number of amides is 2. The predicted molar refractivity (Wildman–Crippen MR) is 167 cm³/mol. The first-order valence-electron chi connectivity index (χ1n) is 12.7. The summed E-state index contributed by atoms with van der Waals surface area (Å²) < 4.78 is 36.6. The Balaban J connectivity index is 0.000000738. The summed E-state index contributed by atoms with van der Waals surface area (Å²) in [7, 11) is 1.90. The molecule has 2 aliphatic heterocycles. The van der Waals surface area contributed by atoms with Crippen LogP contribution in [0.2, 0.25) is 0 Å². The number of anilines is 1. The van der Waals surface area contributed by atoms with Crippen LogP contribution in [-0.4, -0.2) is 120 Å². The number of fused-ring (bicyclic) bond motifs is 1. The molecule has 1 fully saturated rings. The van der Waals surface area contributed by atoms with Crippen molar-refractivity contribution in [2.24, 2.45) is 5.16 Å². The average molecular weight is 746 g/mol. The molecule has 16 nitrogen and oxygen atoms in total. The zero-order valence-electron chi connectivity index (χ0n) is 23.4. The summed E-state index contributed by atoms with van der Waals surface area (Å²) in [5.41, 5.74) is 5.91. The van der Waals surface area contributed by atoms with Gasteiger partial charge < -0.3 is 37.1 Å². The van der Waals surface area contributed by atoms with Crippen molar-refractivity contribution < 1.29 is 47.8 Å². The number of carbonyl (C=O) groups is 4. The summed E-state index contributed by atoms with van der Waals surface area (Å²) in [6.45, 7) is 2.64. The van der Waals surface area contributed by atoms with Gasteiger partial charge in [-0.1, -0.05) is 21.4 Å². The smallest absolute Gasteiger partial charge is 0.477 e. The van der Waals surface area contributed by atoms with Crippen molar-refractivity contribution in [1.82, 2.24) is 35.4 Å². The van der Waals surface area contributed by atoms with Crippen LogP contribution in [0, 0.1) is 0 Å². The number of oxime groups is 1. The van der Waals surface area contributed by atoms with Crippen LogP contribution in [0.4, 0.5) is 18.3 Å². The number of nitrogens with one attached hydrogen (secondary N) is 3. The van der Waals surface area contributed by atoms with E-state index in [0.29, 0.717) is 16.4 Å². The number of β-lactam (4-membered cyclic amide) rings is 1. The summed E-state index contributed by atoms with van der Waals surface area (Å²) in [5, 5.41) is 43.6. The molecule has 4 heterocycles. The van der Waals surface area contributed by atoms with Crippen molar-refractivity contribution in [3.63, 3.8) is 0 Å². The van der Waals surface area contributed by atoms with E-state index < -0.39 is 47.1 Å². The van der Waals surface area contributed by atoms with Crippen LogP contribution in [0.5, 0.6) is 0 Å². The minimum Gasteiger partial charge on any atom is -0.477 e. The highest BCUT2D eigenvalue weighted by molar-refractivity contribution is 8.07. The van der Waals surface area contributed by atoms with E-state index in [1.165, 1.54) is 45.3 Å². The Morgan fingerprint density at radius 3 is 2.54 bits per heavy atom. The van der Waals surface area contributed by atoms with Crippen LogP contribution in [0.15, 0.2) is 25.3 Å². The molecule has 1 saturated heterocycles. The van der Waals surface area contributed by atoms with Gasteiger partial charge in [-0.25, -0.2) is 14.6 Å². The molecule has 46 heavy (non-hydrogen) atoms. The first-order valence-corrected chi connectivity index (χ1v) is 17.3. The Hall–Kier alpha value is -3.16. The quantitative estimate of drug-likeness (QED) is 0.0467. The van der Waals surface area contributed by atoms with Crippen molar-refractivity contribution in [3.05, 3.63) is 27.4 Å². The molecule has 2 aliphatic rings. The molecular formula is C22H26F3N9O7S5. The molecule has 0 radical (unpaired) electrons. The number of hydrogen-bond donors (Lipinski definition) is 7. The number of nitrogens with two attached hydrogens (primary N) is 1. The number of hydrogen-bond acceptors (Lipinski definition) is 17. The van der Waals surface area contributed by atoms with Gasteiger partial charge in [-0.15, -0.1) is 28.2 Å². The Morgan fingerprint density at radius 2 is 1.96 bits per heavy atom. The van der Waals surface area contributed by atoms with Crippen molar-refractivity contribution in [2.75, 3.05) is 43.9 Å². The minimum atomic E-state index is -5.08. The molecule has 0 bridgehead atoms. The fourth-order valence-electron chi connectivity index (χ4n) is 3.62. The number of alkyl halides is 3. The Morgan fingerprint density at radius 1 is 1.24 bits per heavy atom. The summed E-state index contributed by atoms with van der Waals surface area (Å²) >= 11 is 6.54. The lowest BCUT2D eigenvalue weighted by Gasteiger charge is -2.49. The standard InChI is InChI=1S/C20H25N9O5S5.C2HF3O2/c1-22-2-3-23-4-5-35-6-10-19(39-28-26-10)38-11-8-36-17-13(16(31)29(17)14(11)18(32)33)25-15(30)12(27-34)9-7-37-20(21)24-9;3-2(4,5)1(6)7/h7,13,17,22-23,34H,2-6,8H2,1H3,(H2,21,24)(H,25,30)(H,32,33);(H,6,7)/b27-12-;/t13-,17-;/m1./s1. The number of thioether (sulfide) groups is 3. The van der Waals surface area contributed by atoms with Crippen molar-refractivity contribution in [1.29, 1.82) is 0 Å². The van der Waals surface area contributed by atoms with Crippen LogP contribution in [0.3, 0.4) is 0 Å². The molecule has 4 rings (SSSR count). The SMILES string of the molecule is CNCCNCCSCc1nnsc1SC1=C(C(=O)O)N2C(=O)[C@@H](NC(=O)/C(=N\O)c3csc(N)n3)[C@H]2SC1.O=C(O)C(F)(F)F. The number of rotatable bonds is 14. The molecule has 0 aliphatic carbocycles. The highest BCUT2D eigenvalue weighted by atomic mass is 32.2. The number of thiazole rings is 1. The largest absolute Gasteiger partial charge is 0.490 e.